The van der Waals surface area contributed by atoms with E-state index >= 15 is 0 Å². The molecule has 3 saturated carbocycles. The number of rotatable bonds is 17. The Morgan fingerprint density at radius 2 is 1.96 bits per heavy atom. The predicted molar refractivity (Wildman–Crippen MR) is 197 cm³/mol. The van der Waals surface area contributed by atoms with Crippen LogP contribution in [0, 0.1) is 35.1 Å². The van der Waals surface area contributed by atoms with E-state index in [0.717, 1.165) is 55.2 Å². The molecule has 7 atom stereocenters. The number of phenols is 1. The normalized spacial score (nSPS) is 27.3. The monoisotopic (exact) mass is 691 g/mol. The minimum atomic E-state index is -0.942. The molecule has 0 amide bonds. The third-order valence-electron chi connectivity index (χ3n) is 12.2. The highest BCUT2D eigenvalue weighted by atomic mass is 16.5. The summed E-state index contributed by atoms with van der Waals surface area (Å²) >= 11 is 0. The van der Waals surface area contributed by atoms with E-state index in [-0.39, 0.29) is 42.4 Å². The fraction of sp³-hybridized carbons (Fsp3) is 0.683. The minimum Gasteiger partial charge on any atom is -0.592 e. The molecule has 0 bridgehead atoms. The van der Waals surface area contributed by atoms with Crippen molar-refractivity contribution in [3.8, 4) is 11.5 Å². The zero-order valence-electron chi connectivity index (χ0n) is 30.5. The molecule has 9 nitrogen and oxygen atoms in total. The molecule has 50 heavy (non-hydrogen) atoms. The number of benzene rings is 1. The van der Waals surface area contributed by atoms with Crippen LogP contribution in [-0.2, 0) is 11.2 Å². The molecule has 276 valence electrons. The van der Waals surface area contributed by atoms with E-state index in [4.69, 9.17) is 14.5 Å². The summed E-state index contributed by atoms with van der Waals surface area (Å²) in [6.45, 7) is 5.31. The highest BCUT2D eigenvalue weighted by Crippen LogP contribution is 2.61. The average molecular weight is 692 g/mol. The zero-order valence-corrected chi connectivity index (χ0v) is 30.5. The number of allylic oxidation sites excluding steroid dienone is 1. The van der Waals surface area contributed by atoms with Gasteiger partial charge in [-0.1, -0.05) is 57.3 Å². The van der Waals surface area contributed by atoms with E-state index in [1.165, 1.54) is 50.5 Å². The maximum absolute atomic E-state index is 11.5. The molecular weight excluding hydrogens is 630 g/mol. The molecule has 2 aliphatic heterocycles. The minimum absolute atomic E-state index is 0.0116. The van der Waals surface area contributed by atoms with Gasteiger partial charge in [-0.15, -0.1) is 4.99 Å². The van der Waals surface area contributed by atoms with E-state index in [0.29, 0.717) is 43.0 Å². The van der Waals surface area contributed by atoms with Crippen molar-refractivity contribution < 1.29 is 29.9 Å². The van der Waals surface area contributed by atoms with Gasteiger partial charge in [-0.25, -0.2) is 0 Å². The molecule has 0 saturated heterocycles. The molecule has 7 unspecified atom stereocenters. The number of aliphatic imine (C=N–C) groups is 1. The van der Waals surface area contributed by atoms with Crippen molar-refractivity contribution in [2.24, 2.45) is 28.2 Å². The Labute approximate surface area is 299 Å². The lowest BCUT2D eigenvalue weighted by Crippen LogP contribution is -2.49. The van der Waals surface area contributed by atoms with E-state index in [1.807, 2.05) is 32.2 Å². The van der Waals surface area contributed by atoms with Crippen LogP contribution in [0.15, 0.2) is 46.7 Å². The van der Waals surface area contributed by atoms with Gasteiger partial charge in [0.25, 0.3) is 0 Å². The maximum atomic E-state index is 11.5. The smallest absolute Gasteiger partial charge is 0.190 e. The third-order valence-corrected chi connectivity index (χ3v) is 12.2. The van der Waals surface area contributed by atoms with E-state index < -0.39 is 12.2 Å². The number of nitrogens with zero attached hydrogens (tertiary/aromatic N) is 1. The van der Waals surface area contributed by atoms with Crippen molar-refractivity contribution in [3.05, 3.63) is 59.2 Å². The summed E-state index contributed by atoms with van der Waals surface area (Å²) in [6.07, 6.45) is 16.9. The quantitative estimate of drug-likeness (QED) is 0.117. The molecule has 6 rings (SSSR count). The number of aliphatic hydroxyl groups excluding tert-OH is 3. The Bertz CT molecular complexity index is 1370. The van der Waals surface area contributed by atoms with Crippen LogP contribution < -0.4 is 15.4 Å². The number of likely N-dealkylation sites (N-methyl/N-ethyl adjacent to an activating group) is 1. The standard InChI is InChI=1S/C41H61N3O6/c1-4-5-11-38-28(24-45)19-29(50-38)14-12-27-13-15-36(47)39(18-27)49-25-37(48)33-20-31-34(44-33)21-41(16-6-7-17-41)32-10-8-9-30(32)40(31)35(23-42-3)43-22-26(2)46/h13,15,18-20,26,30,32,35,37-38,40,42-43,45-48H,4-12,14,16-17,21-25H2,1-3H3. The van der Waals surface area contributed by atoms with Gasteiger partial charge >= 0.3 is 0 Å². The fourth-order valence-corrected chi connectivity index (χ4v) is 9.84. The highest BCUT2D eigenvalue weighted by Gasteiger charge is 2.58. The van der Waals surface area contributed by atoms with Gasteiger partial charge < -0.3 is 40.5 Å². The second-order valence-electron chi connectivity index (χ2n) is 15.7. The van der Waals surface area contributed by atoms with Crippen LogP contribution >= 0.6 is 0 Å². The lowest BCUT2D eigenvalue weighted by Gasteiger charge is -2.39. The summed E-state index contributed by atoms with van der Waals surface area (Å²) in [7, 11) is 1.99. The number of unbranched alkanes of at least 4 members (excludes halogenated alkanes) is 1. The van der Waals surface area contributed by atoms with E-state index in [2.05, 4.69) is 23.6 Å². The number of aryl methyl sites for hydroxylation is 1. The van der Waals surface area contributed by atoms with Gasteiger partial charge in [0.1, 0.15) is 12.2 Å². The first-order valence-corrected chi connectivity index (χ1v) is 19.4. The first-order chi connectivity index (χ1) is 24.2. The van der Waals surface area contributed by atoms with Crippen molar-refractivity contribution in [2.45, 2.75) is 122 Å². The average Bonchev–Trinajstić information content (AvgIpc) is 3.92. The van der Waals surface area contributed by atoms with Crippen molar-refractivity contribution in [1.29, 1.82) is 0 Å². The van der Waals surface area contributed by atoms with Crippen LogP contribution in [0.2, 0.25) is 0 Å². The Hall–Kier alpha value is -2.69. The van der Waals surface area contributed by atoms with E-state index in [1.54, 1.807) is 6.07 Å². The number of phenolic OH excluding ortho intramolecular Hbond substituents is 1. The van der Waals surface area contributed by atoms with E-state index in [9.17, 15) is 20.4 Å². The summed E-state index contributed by atoms with van der Waals surface area (Å²) < 4.78 is 12.2. The lowest BCUT2D eigenvalue weighted by atomic mass is 9.65. The molecule has 3 aliphatic carbocycles. The van der Waals surface area contributed by atoms with Crippen molar-refractivity contribution in [2.75, 3.05) is 33.4 Å². The zero-order chi connectivity index (χ0) is 35.3. The lowest BCUT2D eigenvalue weighted by molar-refractivity contribution is 0.101. The first-order valence-electron chi connectivity index (χ1n) is 19.4. The highest BCUT2D eigenvalue weighted by molar-refractivity contribution is 6.04. The number of hydrogen-bond donors (Lipinski definition) is 6. The second-order valence-corrected chi connectivity index (χ2v) is 15.7. The molecule has 1 aromatic carbocycles. The van der Waals surface area contributed by atoms with Crippen LogP contribution in [0.25, 0.3) is 0 Å². The molecule has 2 heterocycles. The number of aliphatic hydroxyl groups is 3. The maximum Gasteiger partial charge on any atom is 0.190 e. The van der Waals surface area contributed by atoms with Crippen LogP contribution in [0.4, 0.5) is 0 Å². The van der Waals surface area contributed by atoms with Gasteiger partial charge in [0, 0.05) is 31.8 Å². The van der Waals surface area contributed by atoms with Crippen LogP contribution in [0.1, 0.15) is 96.5 Å². The Kier molecular flexibility index (Phi) is 12.4. The first kappa shape index (κ1) is 37.1. The third kappa shape index (κ3) is 8.18. The number of ether oxygens (including phenoxy) is 2. The molecule has 0 radical (unpaired) electrons. The SMILES string of the molecule is CCCCC1OC(CCc2ccc(O)c(OCC(O)[C+]3C=C4C(=N3)CC3(CCCC3)C3CCCC3C4C(CNC)NCC(C)O)c2)=C[C-]1CO. The van der Waals surface area contributed by atoms with Crippen LogP contribution in [-0.4, -0.2) is 83.8 Å². The van der Waals surface area contributed by atoms with Crippen molar-refractivity contribution in [3.63, 3.8) is 0 Å². The number of nitrogens with one attached hydrogen (secondary N) is 2. The summed E-state index contributed by atoms with van der Waals surface area (Å²) in [4.78, 5) is 5.18. The Morgan fingerprint density at radius 3 is 2.70 bits per heavy atom. The van der Waals surface area contributed by atoms with Gasteiger partial charge in [0.05, 0.1) is 24.5 Å². The summed E-state index contributed by atoms with van der Waals surface area (Å²) in [5, 5.41) is 49.3. The number of aromatic hydroxyl groups is 1. The molecule has 1 aromatic rings. The van der Waals surface area contributed by atoms with Gasteiger partial charge in [0.15, 0.2) is 29.4 Å². The second kappa shape index (κ2) is 16.8. The largest absolute Gasteiger partial charge is 0.592 e. The van der Waals surface area contributed by atoms with Gasteiger partial charge in [0.2, 0.25) is 0 Å². The van der Waals surface area contributed by atoms with Crippen molar-refractivity contribution >= 4 is 5.71 Å². The Morgan fingerprint density at radius 1 is 1.14 bits per heavy atom. The molecular formula is C41H61N3O6. The molecule has 1 spiro atoms. The molecule has 9 heteroatoms. The summed E-state index contributed by atoms with van der Waals surface area (Å²) in [5.41, 5.74) is 3.66. The molecule has 0 aromatic heterocycles. The Balaban J connectivity index is 1.15. The van der Waals surface area contributed by atoms with Gasteiger partial charge in [-0.05, 0) is 87.4 Å². The van der Waals surface area contributed by atoms with Gasteiger partial charge in [-0.2, -0.15) is 12.0 Å². The summed E-state index contributed by atoms with van der Waals surface area (Å²) in [6, 6.07) is 6.15. The van der Waals surface area contributed by atoms with Gasteiger partial charge in [-0.3, -0.25) is 0 Å². The van der Waals surface area contributed by atoms with Crippen LogP contribution in [0.5, 0.6) is 11.5 Å². The number of fused-ring (bicyclic) bond motifs is 3. The predicted octanol–water partition coefficient (Wildman–Crippen LogP) is 5.57. The fourth-order valence-electron chi connectivity index (χ4n) is 9.84. The van der Waals surface area contributed by atoms with Crippen LogP contribution in [0.3, 0.4) is 0 Å². The molecule has 5 aliphatic rings. The number of hydrogen-bond acceptors (Lipinski definition) is 9. The molecule has 6 N–H and O–H groups in total. The summed E-state index contributed by atoms with van der Waals surface area (Å²) in [5.74, 6) is 3.66. The molecule has 3 fully saturated rings. The van der Waals surface area contributed by atoms with Crippen molar-refractivity contribution in [1.82, 2.24) is 10.6 Å². The topological polar surface area (TPSA) is 136 Å².